The lowest BCUT2D eigenvalue weighted by Crippen LogP contribution is -2.42. The number of rotatable bonds is 5. The van der Waals surface area contributed by atoms with Gasteiger partial charge in [0.1, 0.15) is 6.54 Å². The maximum atomic E-state index is 12.2. The lowest BCUT2D eigenvalue weighted by molar-refractivity contribution is -0.143. The second-order valence-electron chi connectivity index (χ2n) is 5.91. The molecule has 2 rings (SSSR count). The van der Waals surface area contributed by atoms with Crippen molar-refractivity contribution >= 4 is 17.7 Å². The van der Waals surface area contributed by atoms with Gasteiger partial charge in [-0.15, -0.1) is 0 Å². The zero-order valence-corrected chi connectivity index (χ0v) is 11.9. The molecule has 112 valence electrons. The first-order chi connectivity index (χ1) is 9.54. The van der Waals surface area contributed by atoms with Crippen LogP contribution >= 0.6 is 0 Å². The molecule has 0 aromatic heterocycles. The average Bonchev–Trinajstić information content (AvgIpc) is 2.70. The molecular weight excluding hydrogens is 258 g/mol. The maximum absolute atomic E-state index is 12.2. The van der Waals surface area contributed by atoms with E-state index in [2.05, 4.69) is 5.32 Å². The van der Waals surface area contributed by atoms with Gasteiger partial charge in [0.2, 0.25) is 17.7 Å². The van der Waals surface area contributed by atoms with E-state index in [4.69, 9.17) is 5.73 Å². The SMILES string of the molecule is CC(CN)CNC(=O)CN1C(=O)C2CCCCC2C1=O. The standard InChI is InChI=1S/C14H23N3O3/c1-9(6-15)7-16-12(18)8-17-13(19)10-4-2-3-5-11(10)14(17)20/h9-11H,2-8,15H2,1H3,(H,16,18). The Morgan fingerprint density at radius 3 is 2.35 bits per heavy atom. The molecule has 3 atom stereocenters. The van der Waals surface area contributed by atoms with E-state index in [0.29, 0.717) is 13.1 Å². The molecule has 1 saturated heterocycles. The molecular formula is C14H23N3O3. The lowest BCUT2D eigenvalue weighted by atomic mass is 9.81. The number of nitrogens with zero attached hydrogens (tertiary/aromatic N) is 1. The average molecular weight is 281 g/mol. The third-order valence-electron chi connectivity index (χ3n) is 4.28. The van der Waals surface area contributed by atoms with Gasteiger partial charge in [-0.05, 0) is 25.3 Å². The fourth-order valence-corrected chi connectivity index (χ4v) is 2.96. The third kappa shape index (κ3) is 3.00. The van der Waals surface area contributed by atoms with Gasteiger partial charge in [0.05, 0.1) is 11.8 Å². The summed E-state index contributed by atoms with van der Waals surface area (Å²) in [6.07, 6.45) is 3.54. The van der Waals surface area contributed by atoms with Crippen LogP contribution < -0.4 is 11.1 Å². The van der Waals surface area contributed by atoms with Crippen molar-refractivity contribution in [3.8, 4) is 0 Å². The van der Waals surface area contributed by atoms with E-state index in [0.717, 1.165) is 30.6 Å². The van der Waals surface area contributed by atoms with E-state index >= 15 is 0 Å². The van der Waals surface area contributed by atoms with Crippen LogP contribution in [0.5, 0.6) is 0 Å². The second-order valence-corrected chi connectivity index (χ2v) is 5.91. The second kappa shape index (κ2) is 6.35. The summed E-state index contributed by atoms with van der Waals surface area (Å²) in [4.78, 5) is 37.3. The van der Waals surface area contributed by atoms with Gasteiger partial charge in [-0.25, -0.2) is 0 Å². The highest BCUT2D eigenvalue weighted by atomic mass is 16.2. The highest BCUT2D eigenvalue weighted by Crippen LogP contribution is 2.37. The Morgan fingerprint density at radius 2 is 1.85 bits per heavy atom. The van der Waals surface area contributed by atoms with Crippen LogP contribution in [0, 0.1) is 17.8 Å². The first kappa shape index (κ1) is 15.0. The topological polar surface area (TPSA) is 92.5 Å². The number of nitrogens with one attached hydrogen (secondary N) is 1. The number of carbonyl (C=O) groups excluding carboxylic acids is 3. The van der Waals surface area contributed by atoms with Gasteiger partial charge in [0, 0.05) is 6.54 Å². The molecule has 20 heavy (non-hydrogen) atoms. The molecule has 0 aromatic carbocycles. The van der Waals surface area contributed by atoms with Crippen LogP contribution in [0.15, 0.2) is 0 Å². The van der Waals surface area contributed by atoms with Gasteiger partial charge in [0.15, 0.2) is 0 Å². The van der Waals surface area contributed by atoms with Crippen molar-refractivity contribution in [2.75, 3.05) is 19.6 Å². The van der Waals surface area contributed by atoms with E-state index in [9.17, 15) is 14.4 Å². The number of hydrogen-bond acceptors (Lipinski definition) is 4. The van der Waals surface area contributed by atoms with Gasteiger partial charge in [0.25, 0.3) is 0 Å². The summed E-state index contributed by atoms with van der Waals surface area (Å²) >= 11 is 0. The van der Waals surface area contributed by atoms with Crippen LogP contribution in [0.1, 0.15) is 32.6 Å². The van der Waals surface area contributed by atoms with Crippen molar-refractivity contribution in [2.45, 2.75) is 32.6 Å². The van der Waals surface area contributed by atoms with Crippen molar-refractivity contribution in [2.24, 2.45) is 23.5 Å². The van der Waals surface area contributed by atoms with Crippen molar-refractivity contribution in [3.63, 3.8) is 0 Å². The van der Waals surface area contributed by atoms with Gasteiger partial charge in [-0.3, -0.25) is 19.3 Å². The minimum absolute atomic E-state index is 0.151. The molecule has 0 spiro atoms. The smallest absolute Gasteiger partial charge is 0.240 e. The molecule has 1 aliphatic carbocycles. The van der Waals surface area contributed by atoms with Crippen LogP contribution in [0.4, 0.5) is 0 Å². The highest BCUT2D eigenvalue weighted by Gasteiger charge is 2.48. The molecule has 0 radical (unpaired) electrons. The predicted molar refractivity (Wildman–Crippen MR) is 73.4 cm³/mol. The Balaban J connectivity index is 1.90. The van der Waals surface area contributed by atoms with Crippen molar-refractivity contribution in [1.82, 2.24) is 10.2 Å². The van der Waals surface area contributed by atoms with Crippen molar-refractivity contribution in [1.29, 1.82) is 0 Å². The molecule has 1 aliphatic heterocycles. The van der Waals surface area contributed by atoms with Gasteiger partial charge in [-0.2, -0.15) is 0 Å². The van der Waals surface area contributed by atoms with Gasteiger partial charge < -0.3 is 11.1 Å². The quantitative estimate of drug-likeness (QED) is 0.687. The number of hydrogen-bond donors (Lipinski definition) is 2. The number of amides is 3. The number of carbonyl (C=O) groups is 3. The fourth-order valence-electron chi connectivity index (χ4n) is 2.96. The lowest BCUT2D eigenvalue weighted by Gasteiger charge is -2.19. The molecule has 6 nitrogen and oxygen atoms in total. The van der Waals surface area contributed by atoms with Crippen LogP contribution in [0.2, 0.25) is 0 Å². The molecule has 6 heteroatoms. The Bertz CT molecular complexity index is 386. The maximum Gasteiger partial charge on any atom is 0.240 e. The summed E-state index contributed by atoms with van der Waals surface area (Å²) in [5, 5.41) is 2.72. The first-order valence-corrected chi connectivity index (χ1v) is 7.36. The third-order valence-corrected chi connectivity index (χ3v) is 4.28. The Hall–Kier alpha value is -1.43. The van der Waals surface area contributed by atoms with E-state index in [1.807, 2.05) is 6.92 Å². The van der Waals surface area contributed by atoms with E-state index in [1.54, 1.807) is 0 Å². The molecule has 3 unspecified atom stereocenters. The Labute approximate surface area is 119 Å². The molecule has 0 aromatic rings. The summed E-state index contributed by atoms with van der Waals surface area (Å²) in [6.45, 7) is 2.74. The normalized spacial score (nSPS) is 27.4. The summed E-state index contributed by atoms with van der Waals surface area (Å²) in [6, 6.07) is 0. The summed E-state index contributed by atoms with van der Waals surface area (Å²) in [5.41, 5.74) is 5.48. The first-order valence-electron chi connectivity index (χ1n) is 7.36. The fraction of sp³-hybridized carbons (Fsp3) is 0.786. The van der Waals surface area contributed by atoms with E-state index in [-0.39, 0.29) is 42.0 Å². The van der Waals surface area contributed by atoms with Crippen molar-refractivity contribution in [3.05, 3.63) is 0 Å². The van der Waals surface area contributed by atoms with Crippen LogP contribution in [0.25, 0.3) is 0 Å². The largest absolute Gasteiger partial charge is 0.354 e. The van der Waals surface area contributed by atoms with Crippen LogP contribution in [0.3, 0.4) is 0 Å². The van der Waals surface area contributed by atoms with E-state index < -0.39 is 0 Å². The number of nitrogens with two attached hydrogens (primary N) is 1. The van der Waals surface area contributed by atoms with Crippen LogP contribution in [-0.2, 0) is 14.4 Å². The predicted octanol–water partition coefficient (Wildman–Crippen LogP) is -0.127. The number of imide groups is 1. The van der Waals surface area contributed by atoms with Gasteiger partial charge >= 0.3 is 0 Å². The molecule has 2 aliphatic rings. The summed E-state index contributed by atoms with van der Waals surface area (Å²) in [5.74, 6) is -0.806. The molecule has 3 amide bonds. The Morgan fingerprint density at radius 1 is 1.30 bits per heavy atom. The zero-order valence-electron chi connectivity index (χ0n) is 11.9. The number of likely N-dealkylation sites (tertiary alicyclic amines) is 1. The molecule has 1 heterocycles. The molecule has 1 saturated carbocycles. The minimum Gasteiger partial charge on any atom is -0.354 e. The molecule has 2 fully saturated rings. The van der Waals surface area contributed by atoms with E-state index in [1.165, 1.54) is 0 Å². The van der Waals surface area contributed by atoms with Crippen molar-refractivity contribution < 1.29 is 14.4 Å². The van der Waals surface area contributed by atoms with Gasteiger partial charge in [-0.1, -0.05) is 19.8 Å². The summed E-state index contributed by atoms with van der Waals surface area (Å²) < 4.78 is 0. The van der Waals surface area contributed by atoms with Crippen LogP contribution in [-0.4, -0.2) is 42.3 Å². The molecule has 3 N–H and O–H groups in total. The minimum atomic E-state index is -0.286. The number of fused-ring (bicyclic) bond motifs is 1. The Kier molecular flexibility index (Phi) is 4.75. The zero-order chi connectivity index (χ0) is 14.7. The highest BCUT2D eigenvalue weighted by molar-refractivity contribution is 6.07. The molecule has 0 bridgehead atoms. The summed E-state index contributed by atoms with van der Waals surface area (Å²) in [7, 11) is 0. The monoisotopic (exact) mass is 281 g/mol.